The van der Waals surface area contributed by atoms with Crippen LogP contribution in [-0.2, 0) is 10.8 Å². The first kappa shape index (κ1) is 15.1. The average molecular weight is 398 g/mol. The van der Waals surface area contributed by atoms with Gasteiger partial charge in [0.25, 0.3) is 0 Å². The number of fused-ring (bicyclic) bond motifs is 2. The Morgan fingerprint density at radius 3 is 2.37 bits per heavy atom. The van der Waals surface area contributed by atoms with E-state index in [1.165, 1.54) is 17.2 Å². The van der Waals surface area contributed by atoms with Gasteiger partial charge in [0.05, 0.1) is 12.5 Å². The molecule has 0 saturated carbocycles. The fourth-order valence-electron chi connectivity index (χ4n) is 4.16. The summed E-state index contributed by atoms with van der Waals surface area (Å²) in [4.78, 5) is 0. The molecule has 1 radical (unpaired) electrons. The molecule has 4 rings (SSSR count). The Bertz CT molecular complexity index is 1310. The number of furan rings is 1. The van der Waals surface area contributed by atoms with Crippen molar-refractivity contribution in [3.05, 3.63) is 95.9 Å². The third-order valence-corrected chi connectivity index (χ3v) is 6.16. The number of hydrogen-bond donors (Lipinski definition) is 0. The van der Waals surface area contributed by atoms with Crippen molar-refractivity contribution in [2.75, 3.05) is 0 Å². The van der Waals surface area contributed by atoms with Crippen LogP contribution in [0.15, 0.2) is 83.6 Å². The zero-order valence-electron chi connectivity index (χ0n) is 23.1. The highest BCUT2D eigenvalue weighted by Gasteiger charge is 2.37. The average Bonchev–Trinajstić information content (AvgIpc) is 3.22. The minimum absolute atomic E-state index is 0.116. The van der Waals surface area contributed by atoms with E-state index in [4.69, 9.17) is 11.3 Å². The lowest BCUT2D eigenvalue weighted by molar-refractivity contribution is 0.332. The van der Waals surface area contributed by atoms with Gasteiger partial charge in [-0.2, -0.15) is 0 Å². The quantitative estimate of drug-likeness (QED) is 0.337. The van der Waals surface area contributed by atoms with E-state index in [0.717, 1.165) is 29.5 Å². The molecule has 0 saturated heterocycles. The van der Waals surface area contributed by atoms with Crippen molar-refractivity contribution in [3.63, 3.8) is 0 Å². The maximum Gasteiger partial charge on any atom is 0.231 e. The molecule has 0 fully saturated rings. The first-order valence-electron chi connectivity index (χ1n) is 12.9. The van der Waals surface area contributed by atoms with E-state index < -0.39 is 6.04 Å². The molecule has 0 unspecified atom stereocenters. The third kappa shape index (κ3) is 3.96. The van der Waals surface area contributed by atoms with Crippen LogP contribution in [0, 0.1) is 0 Å². The Labute approximate surface area is 188 Å². The van der Waals surface area contributed by atoms with Crippen molar-refractivity contribution in [2.24, 2.45) is 0 Å². The first-order valence-corrected chi connectivity index (χ1v) is 10.4. The van der Waals surface area contributed by atoms with E-state index in [1.54, 1.807) is 12.2 Å². The second-order valence-electron chi connectivity index (χ2n) is 9.23. The molecule has 1 aromatic heterocycles. The number of allylic oxidation sites excluding steroid dienone is 4. The van der Waals surface area contributed by atoms with Gasteiger partial charge >= 0.3 is 0 Å². The van der Waals surface area contributed by atoms with Crippen molar-refractivity contribution in [2.45, 2.75) is 51.4 Å². The van der Waals surface area contributed by atoms with Crippen molar-refractivity contribution in [1.29, 1.82) is 0 Å². The number of hydrogen-bond acceptors (Lipinski definition) is 1. The Kier molecular flexibility index (Phi) is 3.95. The van der Waals surface area contributed by atoms with Crippen LogP contribution in [0.4, 0.5) is 0 Å². The van der Waals surface area contributed by atoms with E-state index >= 15 is 0 Å². The van der Waals surface area contributed by atoms with E-state index in [1.807, 2.05) is 19.3 Å². The van der Waals surface area contributed by atoms with Gasteiger partial charge < -0.3 is 4.42 Å². The van der Waals surface area contributed by atoms with Gasteiger partial charge in [0.2, 0.25) is 7.28 Å². The molecule has 0 N–H and O–H groups in total. The molecule has 1 aliphatic rings. The van der Waals surface area contributed by atoms with Crippen molar-refractivity contribution in [3.8, 4) is 0 Å². The Morgan fingerprint density at radius 1 is 1.03 bits per heavy atom. The zero-order valence-corrected chi connectivity index (χ0v) is 18.1. The van der Waals surface area contributed by atoms with Crippen LogP contribution >= 0.6 is 0 Å². The summed E-state index contributed by atoms with van der Waals surface area (Å²) in [5.41, 5.74) is 5.18. The van der Waals surface area contributed by atoms with Crippen molar-refractivity contribution < 1.29 is 11.3 Å². The molecule has 0 aliphatic heterocycles. The fourth-order valence-corrected chi connectivity index (χ4v) is 4.16. The van der Waals surface area contributed by atoms with E-state index in [2.05, 4.69) is 46.4 Å². The summed E-state index contributed by atoms with van der Waals surface area (Å²) in [5, 5.41) is 1.08. The summed E-state index contributed by atoms with van der Waals surface area (Å²) in [5.74, 6) is 1.81. The highest BCUT2D eigenvalue weighted by molar-refractivity contribution is 6.57. The molecule has 1 aliphatic carbocycles. The van der Waals surface area contributed by atoms with Crippen LogP contribution in [0.1, 0.15) is 64.1 Å². The molecule has 3 aromatic rings. The molecule has 0 atom stereocenters. The lowest BCUT2D eigenvalue weighted by Gasteiger charge is -2.41. The van der Waals surface area contributed by atoms with Gasteiger partial charge in [0, 0.05) is 5.39 Å². The molecule has 2 aromatic carbocycles. The molecular weight excluding hydrogens is 363 g/mol. The molecule has 0 amide bonds. The molecule has 151 valence electrons. The van der Waals surface area contributed by atoms with Crippen LogP contribution in [0.2, 0.25) is 0 Å². The van der Waals surface area contributed by atoms with E-state index in [-0.39, 0.29) is 40.6 Å². The van der Waals surface area contributed by atoms with Crippen molar-refractivity contribution in [1.82, 2.24) is 0 Å². The van der Waals surface area contributed by atoms with Crippen LogP contribution < -0.4 is 5.66 Å². The minimum Gasteiger partial charge on any atom is -0.472 e. The van der Waals surface area contributed by atoms with E-state index in [9.17, 15) is 0 Å². The molecule has 1 heterocycles. The summed E-state index contributed by atoms with van der Waals surface area (Å²) in [6.45, 7) is 13.0. The van der Waals surface area contributed by atoms with Gasteiger partial charge in [0.1, 0.15) is 5.58 Å². The fraction of sp³-hybridized carbons (Fsp3) is 0.286. The highest BCUT2D eigenvalue weighted by atomic mass is 16.3. The van der Waals surface area contributed by atoms with E-state index in [0.29, 0.717) is 5.57 Å². The molecule has 0 bridgehead atoms. The van der Waals surface area contributed by atoms with Crippen LogP contribution in [0.5, 0.6) is 0 Å². The Morgan fingerprint density at radius 2 is 1.70 bits per heavy atom. The predicted octanol–water partition coefficient (Wildman–Crippen LogP) is 6.89. The van der Waals surface area contributed by atoms with Crippen LogP contribution in [0.3, 0.4) is 0 Å². The summed E-state index contributed by atoms with van der Waals surface area (Å²) in [6.07, 6.45) is 7.23. The third-order valence-electron chi connectivity index (χ3n) is 6.16. The largest absolute Gasteiger partial charge is 0.472 e. The maximum absolute atomic E-state index is 8.16. The molecular formula is C28H30BO. The smallest absolute Gasteiger partial charge is 0.231 e. The maximum atomic E-state index is 8.16. The number of rotatable bonds is 5. The normalized spacial score (nSPS) is 20.1. The second-order valence-corrected chi connectivity index (χ2v) is 9.23. The molecule has 2 heteroatoms. The van der Waals surface area contributed by atoms with Crippen molar-refractivity contribution >= 4 is 29.5 Å². The summed E-state index contributed by atoms with van der Waals surface area (Å²) in [7, 11) is 1.86. The summed E-state index contributed by atoms with van der Waals surface area (Å²) < 4.78 is 46.0. The standard InChI is InChI=1S/C28H30BO/c1-6-20(21-11-8-7-9-12-21)13-10-16-29-26-18-22-17-23-24(19-25(22)30-26)28(4,5)15-14-27(23,2)3/h6-13,16-19H,1,14-15H2,2-5H3/b16-10+,20-13+/i7D,8D,9D,11D,12D. The Balaban J connectivity index is 1.62. The zero-order chi connectivity index (χ0) is 25.7. The van der Waals surface area contributed by atoms with Gasteiger partial charge in [0.15, 0.2) is 0 Å². The minimum atomic E-state index is -0.408. The lowest BCUT2D eigenvalue weighted by atomic mass is 9.63. The predicted molar refractivity (Wildman–Crippen MR) is 131 cm³/mol. The molecule has 0 spiro atoms. The van der Waals surface area contributed by atoms with Crippen LogP contribution in [-0.4, -0.2) is 7.28 Å². The monoisotopic (exact) mass is 398 g/mol. The van der Waals surface area contributed by atoms with Gasteiger partial charge in [-0.1, -0.05) is 82.7 Å². The SMILES string of the molecule is [2H]c1c([2H])c([2H])c(/C(C=C)=C/C=C/[B]c2cc3cc4c(cc3o2)C(C)(C)CCC4(C)C)c([2H])c1[2H]. The molecule has 30 heavy (non-hydrogen) atoms. The van der Waals surface area contributed by atoms with Gasteiger partial charge in [-0.15, -0.1) is 5.98 Å². The lowest BCUT2D eigenvalue weighted by Crippen LogP contribution is -2.33. The van der Waals surface area contributed by atoms with Crippen LogP contribution in [0.25, 0.3) is 16.5 Å². The Hall–Kier alpha value is -2.74. The highest BCUT2D eigenvalue weighted by Crippen LogP contribution is 2.46. The summed E-state index contributed by atoms with van der Waals surface area (Å²) in [6, 6.07) is 4.88. The number of benzene rings is 2. The first-order chi connectivity index (χ1) is 16.4. The second kappa shape index (κ2) is 7.83. The topological polar surface area (TPSA) is 13.1 Å². The van der Waals surface area contributed by atoms with Gasteiger partial charge in [-0.05, 0) is 64.1 Å². The summed E-state index contributed by atoms with van der Waals surface area (Å²) >= 11 is 0. The van der Waals surface area contributed by atoms with Gasteiger partial charge in [-0.25, -0.2) is 0 Å². The molecule has 1 nitrogen and oxygen atoms in total. The van der Waals surface area contributed by atoms with Gasteiger partial charge in [-0.3, -0.25) is 0 Å².